The molecule has 2 aromatic heterocycles. The average Bonchev–Trinajstić information content (AvgIpc) is 3.01. The fourth-order valence-corrected chi connectivity index (χ4v) is 4.45. The third-order valence-corrected chi connectivity index (χ3v) is 6.07. The summed E-state index contributed by atoms with van der Waals surface area (Å²) in [5.74, 6) is 2.28. The van der Waals surface area contributed by atoms with Crippen molar-refractivity contribution in [3.63, 3.8) is 0 Å². The zero-order chi connectivity index (χ0) is 17.7. The van der Waals surface area contributed by atoms with E-state index in [1.165, 1.54) is 6.42 Å². The Hall–Kier alpha value is -2.38. The molecule has 1 aliphatic carbocycles. The van der Waals surface area contributed by atoms with Gasteiger partial charge in [-0.15, -0.1) is 10.2 Å². The lowest BCUT2D eigenvalue weighted by Gasteiger charge is -2.16. The van der Waals surface area contributed by atoms with Gasteiger partial charge in [-0.3, -0.25) is 9.69 Å². The van der Waals surface area contributed by atoms with Gasteiger partial charge in [0.2, 0.25) is 5.91 Å². The zero-order valence-corrected chi connectivity index (χ0v) is 15.3. The highest BCUT2D eigenvalue weighted by atomic mass is 32.1. The Balaban J connectivity index is 1.33. The topological polar surface area (TPSA) is 71.0 Å². The van der Waals surface area contributed by atoms with Crippen molar-refractivity contribution in [2.24, 2.45) is 11.8 Å². The van der Waals surface area contributed by atoms with E-state index in [-0.39, 0.29) is 5.91 Å². The van der Waals surface area contributed by atoms with Gasteiger partial charge in [0, 0.05) is 30.2 Å². The lowest BCUT2D eigenvalue weighted by Crippen LogP contribution is -2.32. The number of carbonyl (C=O) groups excluding carboxylic acids is 1. The maximum Gasteiger partial charge on any atom is 0.239 e. The number of nitrogens with one attached hydrogen (secondary N) is 1. The van der Waals surface area contributed by atoms with Gasteiger partial charge >= 0.3 is 0 Å². The van der Waals surface area contributed by atoms with Crippen molar-refractivity contribution >= 4 is 33.8 Å². The van der Waals surface area contributed by atoms with Gasteiger partial charge in [-0.05, 0) is 42.7 Å². The monoisotopic (exact) mass is 365 g/mol. The summed E-state index contributed by atoms with van der Waals surface area (Å²) >= 11 is 1.57. The molecule has 7 heteroatoms. The van der Waals surface area contributed by atoms with Crippen molar-refractivity contribution in [3.05, 3.63) is 35.5 Å². The first-order chi connectivity index (χ1) is 12.6. The summed E-state index contributed by atoms with van der Waals surface area (Å²) in [6, 6.07) is 8.05. The van der Waals surface area contributed by atoms with Crippen LogP contribution in [-0.4, -0.2) is 45.6 Å². The number of amides is 1. The molecule has 2 atom stereocenters. The molecular formula is C19H19N5OS. The molecule has 6 nitrogen and oxygen atoms in total. The predicted octanol–water partition coefficient (Wildman–Crippen LogP) is 2.95. The van der Waals surface area contributed by atoms with Gasteiger partial charge in [-0.25, -0.2) is 4.98 Å². The largest absolute Gasteiger partial charge is 0.310 e. The van der Waals surface area contributed by atoms with Crippen molar-refractivity contribution in [3.8, 4) is 10.6 Å². The molecule has 2 fully saturated rings. The Morgan fingerprint density at radius 3 is 2.85 bits per heavy atom. The summed E-state index contributed by atoms with van der Waals surface area (Å²) in [6.07, 6.45) is 3.14. The molecule has 1 saturated carbocycles. The molecule has 1 N–H and O–H groups in total. The van der Waals surface area contributed by atoms with E-state index in [0.717, 1.165) is 51.3 Å². The molecule has 1 aliphatic heterocycles. The predicted molar refractivity (Wildman–Crippen MR) is 102 cm³/mol. The Bertz CT molecular complexity index is 991. The molecule has 3 heterocycles. The van der Waals surface area contributed by atoms with Crippen LogP contribution in [0.1, 0.15) is 11.4 Å². The van der Waals surface area contributed by atoms with Crippen LogP contribution in [0.4, 0.5) is 5.82 Å². The van der Waals surface area contributed by atoms with E-state index in [9.17, 15) is 4.79 Å². The third-order valence-electron chi connectivity index (χ3n) is 5.18. The molecule has 5 rings (SSSR count). The van der Waals surface area contributed by atoms with Gasteiger partial charge in [-0.2, -0.15) is 0 Å². The lowest BCUT2D eigenvalue weighted by atomic mass is 10.1. The highest BCUT2D eigenvalue weighted by Gasteiger charge is 2.45. The average molecular weight is 365 g/mol. The maximum absolute atomic E-state index is 12.3. The number of fused-ring (bicyclic) bond motifs is 2. The standard InChI is InChI=1S/C19H19N5OS/c1-11-22-23-19(26-11)12-2-3-13-7-20-17(6-14(13)4-12)21-18(25)10-24-8-15-5-16(15)9-24/h2-4,6-7,15-16H,5,8-10H2,1H3,(H,20,21,25). The van der Waals surface area contributed by atoms with E-state index >= 15 is 0 Å². The highest BCUT2D eigenvalue weighted by Crippen LogP contribution is 2.44. The number of likely N-dealkylation sites (tertiary alicyclic amines) is 1. The van der Waals surface area contributed by atoms with Crippen LogP contribution in [0.15, 0.2) is 30.5 Å². The van der Waals surface area contributed by atoms with Crippen molar-refractivity contribution in [2.45, 2.75) is 13.3 Å². The Morgan fingerprint density at radius 2 is 2.08 bits per heavy atom. The van der Waals surface area contributed by atoms with E-state index in [0.29, 0.717) is 12.4 Å². The van der Waals surface area contributed by atoms with E-state index in [2.05, 4.69) is 31.5 Å². The summed E-state index contributed by atoms with van der Waals surface area (Å²) in [6.45, 7) is 4.53. The normalized spacial score (nSPS) is 21.7. The number of hydrogen-bond acceptors (Lipinski definition) is 6. The number of rotatable bonds is 4. The molecule has 1 amide bonds. The first kappa shape index (κ1) is 15.8. The van der Waals surface area contributed by atoms with E-state index < -0.39 is 0 Å². The zero-order valence-electron chi connectivity index (χ0n) is 14.5. The number of pyridine rings is 1. The minimum Gasteiger partial charge on any atom is -0.310 e. The Kier molecular flexibility index (Phi) is 3.72. The molecular weight excluding hydrogens is 346 g/mol. The van der Waals surface area contributed by atoms with Gasteiger partial charge in [0.05, 0.1) is 6.54 Å². The number of aromatic nitrogens is 3. The first-order valence-electron chi connectivity index (χ1n) is 8.86. The van der Waals surface area contributed by atoms with E-state index in [1.807, 2.05) is 25.1 Å². The number of anilines is 1. The summed E-state index contributed by atoms with van der Waals surface area (Å²) < 4.78 is 0. The molecule has 1 saturated heterocycles. The van der Waals surface area contributed by atoms with Crippen LogP contribution in [0.5, 0.6) is 0 Å². The number of carbonyl (C=O) groups is 1. The third kappa shape index (κ3) is 3.08. The van der Waals surface area contributed by atoms with Gasteiger partial charge in [0.25, 0.3) is 0 Å². The Morgan fingerprint density at radius 1 is 1.23 bits per heavy atom. The molecule has 2 aliphatic rings. The van der Waals surface area contributed by atoms with E-state index in [4.69, 9.17) is 0 Å². The summed E-state index contributed by atoms with van der Waals surface area (Å²) in [5, 5.41) is 15.1. The SMILES string of the molecule is Cc1nnc(-c2ccc3cnc(NC(=O)CN4CC5CC5C4)cc3c2)s1. The van der Waals surface area contributed by atoms with Crippen LogP contribution in [0.3, 0.4) is 0 Å². The minimum atomic E-state index is 0.00838. The summed E-state index contributed by atoms with van der Waals surface area (Å²) in [5.41, 5.74) is 1.03. The molecule has 132 valence electrons. The van der Waals surface area contributed by atoms with Crippen molar-refractivity contribution in [1.82, 2.24) is 20.1 Å². The van der Waals surface area contributed by atoms with Crippen LogP contribution < -0.4 is 5.32 Å². The smallest absolute Gasteiger partial charge is 0.239 e. The lowest BCUT2D eigenvalue weighted by molar-refractivity contribution is -0.117. The first-order valence-corrected chi connectivity index (χ1v) is 9.68. The van der Waals surface area contributed by atoms with Crippen LogP contribution >= 0.6 is 11.3 Å². The van der Waals surface area contributed by atoms with Crippen molar-refractivity contribution in [2.75, 3.05) is 25.0 Å². The number of nitrogens with zero attached hydrogens (tertiary/aromatic N) is 4. The second kappa shape index (κ2) is 6.10. The second-order valence-electron chi connectivity index (χ2n) is 7.26. The van der Waals surface area contributed by atoms with Crippen LogP contribution in [0, 0.1) is 18.8 Å². The summed E-state index contributed by atoms with van der Waals surface area (Å²) in [7, 11) is 0. The number of aryl methyl sites for hydroxylation is 1. The van der Waals surface area contributed by atoms with Gasteiger partial charge < -0.3 is 5.32 Å². The van der Waals surface area contributed by atoms with Gasteiger partial charge in [0.15, 0.2) is 0 Å². The van der Waals surface area contributed by atoms with Crippen molar-refractivity contribution in [1.29, 1.82) is 0 Å². The quantitative estimate of drug-likeness (QED) is 0.770. The fraction of sp³-hybridized carbons (Fsp3) is 0.368. The number of benzene rings is 1. The number of piperidine rings is 1. The molecule has 0 radical (unpaired) electrons. The fourth-order valence-electron chi connectivity index (χ4n) is 3.77. The second-order valence-corrected chi connectivity index (χ2v) is 8.44. The van der Waals surface area contributed by atoms with Crippen molar-refractivity contribution < 1.29 is 4.79 Å². The molecule has 3 aromatic rings. The molecule has 26 heavy (non-hydrogen) atoms. The van der Waals surface area contributed by atoms with Gasteiger partial charge in [-0.1, -0.05) is 23.5 Å². The molecule has 0 bridgehead atoms. The molecule has 2 unspecified atom stereocenters. The minimum absolute atomic E-state index is 0.00838. The highest BCUT2D eigenvalue weighted by molar-refractivity contribution is 7.14. The van der Waals surface area contributed by atoms with E-state index in [1.54, 1.807) is 17.5 Å². The summed E-state index contributed by atoms with van der Waals surface area (Å²) in [4.78, 5) is 18.9. The van der Waals surface area contributed by atoms with Crippen LogP contribution in [0.25, 0.3) is 21.3 Å². The molecule has 0 spiro atoms. The van der Waals surface area contributed by atoms with Gasteiger partial charge in [0.1, 0.15) is 15.8 Å². The molecule has 1 aromatic carbocycles. The maximum atomic E-state index is 12.3. The number of hydrogen-bond donors (Lipinski definition) is 1. The Labute approximate surface area is 155 Å². The van der Waals surface area contributed by atoms with Crippen LogP contribution in [0.2, 0.25) is 0 Å². The van der Waals surface area contributed by atoms with Crippen LogP contribution in [-0.2, 0) is 4.79 Å².